The number of ether oxygens (including phenoxy) is 3. The van der Waals surface area contributed by atoms with Crippen molar-refractivity contribution in [3.63, 3.8) is 0 Å². The van der Waals surface area contributed by atoms with Crippen molar-refractivity contribution in [1.82, 2.24) is 4.72 Å². The lowest BCUT2D eigenvalue weighted by atomic mass is 10.2. The Bertz CT molecular complexity index is 1000. The first-order valence-corrected chi connectivity index (χ1v) is 10.2. The molecule has 0 radical (unpaired) electrons. The molecule has 1 aliphatic heterocycles. The second-order valence-corrected chi connectivity index (χ2v) is 8.43. The van der Waals surface area contributed by atoms with Crippen LogP contribution in [0.1, 0.15) is 28.8 Å². The van der Waals surface area contributed by atoms with Crippen LogP contribution in [-0.2, 0) is 21.4 Å². The molecule has 0 unspecified atom stereocenters. The maximum absolute atomic E-state index is 12.3. The van der Waals surface area contributed by atoms with E-state index < -0.39 is 16.0 Å². The lowest BCUT2D eigenvalue weighted by molar-refractivity contribution is 0.0472. The fraction of sp³-hybridized carbons (Fsp3) is 0.278. The van der Waals surface area contributed by atoms with Crippen LogP contribution in [0.2, 0.25) is 5.02 Å². The molecule has 1 saturated carbocycles. The number of fused-ring (bicyclic) bond motifs is 1. The highest BCUT2D eigenvalue weighted by atomic mass is 35.5. The number of hydrogen-bond acceptors (Lipinski definition) is 6. The Labute approximate surface area is 161 Å². The molecule has 27 heavy (non-hydrogen) atoms. The van der Waals surface area contributed by atoms with E-state index in [0.717, 1.165) is 12.8 Å². The molecule has 1 heterocycles. The average Bonchev–Trinajstić information content (AvgIpc) is 3.31. The van der Waals surface area contributed by atoms with E-state index in [-0.39, 0.29) is 29.9 Å². The standard InChI is InChI=1S/C18H16ClNO6S/c19-15-6-11(7-16-17(15)26-10-25-16)9-24-18(21)12-2-1-3-14(8-12)27(22,23)20-13-4-5-13/h1-3,6-8,13,20H,4-5,9-10H2. The van der Waals surface area contributed by atoms with Gasteiger partial charge in [-0.05, 0) is 48.7 Å². The lowest BCUT2D eigenvalue weighted by Crippen LogP contribution is -2.25. The molecular formula is C18H16ClNO6S. The Hall–Kier alpha value is -2.29. The van der Waals surface area contributed by atoms with Crippen LogP contribution >= 0.6 is 11.6 Å². The third kappa shape index (κ3) is 4.02. The first-order chi connectivity index (χ1) is 12.9. The second-order valence-electron chi connectivity index (χ2n) is 6.31. The molecular weight excluding hydrogens is 394 g/mol. The topological polar surface area (TPSA) is 90.9 Å². The van der Waals surface area contributed by atoms with Gasteiger partial charge in [0.25, 0.3) is 0 Å². The molecule has 0 atom stereocenters. The highest BCUT2D eigenvalue weighted by molar-refractivity contribution is 7.89. The van der Waals surface area contributed by atoms with Gasteiger partial charge in [0.1, 0.15) is 6.61 Å². The molecule has 1 fully saturated rings. The molecule has 9 heteroatoms. The summed E-state index contributed by atoms with van der Waals surface area (Å²) in [6.07, 6.45) is 1.66. The van der Waals surface area contributed by atoms with Gasteiger partial charge < -0.3 is 14.2 Å². The molecule has 0 bridgehead atoms. The molecule has 0 amide bonds. The Morgan fingerprint density at radius 2 is 2.04 bits per heavy atom. The predicted octanol–water partition coefficient (Wildman–Crippen LogP) is 2.87. The smallest absolute Gasteiger partial charge is 0.338 e. The van der Waals surface area contributed by atoms with Crippen molar-refractivity contribution in [2.75, 3.05) is 6.79 Å². The zero-order chi connectivity index (χ0) is 19.0. The summed E-state index contributed by atoms with van der Waals surface area (Å²) in [4.78, 5) is 12.4. The quantitative estimate of drug-likeness (QED) is 0.738. The monoisotopic (exact) mass is 409 g/mol. The molecule has 0 aromatic heterocycles. The molecule has 2 aromatic carbocycles. The van der Waals surface area contributed by atoms with E-state index in [9.17, 15) is 13.2 Å². The SMILES string of the molecule is O=C(OCc1cc(Cl)c2c(c1)OCO2)c1cccc(S(=O)(=O)NC2CC2)c1. The summed E-state index contributed by atoms with van der Waals surface area (Å²) in [5.74, 6) is 0.327. The summed E-state index contributed by atoms with van der Waals surface area (Å²) < 4.78 is 42.9. The number of carbonyl (C=O) groups excluding carboxylic acids is 1. The van der Waals surface area contributed by atoms with Crippen LogP contribution in [0.15, 0.2) is 41.3 Å². The van der Waals surface area contributed by atoms with Crippen molar-refractivity contribution in [2.45, 2.75) is 30.4 Å². The number of sulfonamides is 1. The fourth-order valence-corrected chi connectivity index (χ4v) is 4.25. The van der Waals surface area contributed by atoms with Gasteiger partial charge in [-0.25, -0.2) is 17.9 Å². The minimum absolute atomic E-state index is 0.0126. The predicted molar refractivity (Wildman–Crippen MR) is 96.5 cm³/mol. The summed E-state index contributed by atoms with van der Waals surface area (Å²) in [5, 5.41) is 0.371. The van der Waals surface area contributed by atoms with Gasteiger partial charge in [0.2, 0.25) is 16.8 Å². The highest BCUT2D eigenvalue weighted by Crippen LogP contribution is 2.39. The number of nitrogens with one attached hydrogen (secondary N) is 1. The van der Waals surface area contributed by atoms with E-state index in [1.165, 1.54) is 24.3 Å². The molecule has 1 aliphatic carbocycles. The first-order valence-electron chi connectivity index (χ1n) is 8.30. The Morgan fingerprint density at radius 3 is 2.81 bits per heavy atom. The van der Waals surface area contributed by atoms with E-state index in [2.05, 4.69) is 4.72 Å². The zero-order valence-electron chi connectivity index (χ0n) is 14.1. The Balaban J connectivity index is 1.46. The summed E-state index contributed by atoms with van der Waals surface area (Å²) in [5.41, 5.74) is 0.789. The van der Waals surface area contributed by atoms with E-state index in [1.807, 2.05) is 0 Å². The molecule has 4 rings (SSSR count). The molecule has 0 saturated heterocycles. The van der Waals surface area contributed by atoms with E-state index in [4.69, 9.17) is 25.8 Å². The van der Waals surface area contributed by atoms with E-state index in [0.29, 0.717) is 22.1 Å². The van der Waals surface area contributed by atoms with Crippen molar-refractivity contribution in [3.05, 3.63) is 52.5 Å². The highest BCUT2D eigenvalue weighted by Gasteiger charge is 2.28. The largest absolute Gasteiger partial charge is 0.457 e. The number of esters is 1. The van der Waals surface area contributed by atoms with Crippen molar-refractivity contribution < 1.29 is 27.4 Å². The number of carbonyl (C=O) groups is 1. The van der Waals surface area contributed by atoms with Crippen molar-refractivity contribution in [1.29, 1.82) is 0 Å². The van der Waals surface area contributed by atoms with Crippen LogP contribution in [0.5, 0.6) is 11.5 Å². The van der Waals surface area contributed by atoms with Crippen LogP contribution < -0.4 is 14.2 Å². The molecule has 142 valence electrons. The molecule has 1 N–H and O–H groups in total. The average molecular weight is 410 g/mol. The number of hydrogen-bond donors (Lipinski definition) is 1. The molecule has 7 nitrogen and oxygen atoms in total. The minimum Gasteiger partial charge on any atom is -0.457 e. The number of halogens is 1. The third-order valence-electron chi connectivity index (χ3n) is 4.14. The summed E-state index contributed by atoms with van der Waals surface area (Å²) >= 11 is 6.11. The van der Waals surface area contributed by atoms with Crippen LogP contribution in [0, 0.1) is 0 Å². The van der Waals surface area contributed by atoms with Crippen molar-refractivity contribution in [3.8, 4) is 11.5 Å². The van der Waals surface area contributed by atoms with Gasteiger partial charge in [0.05, 0.1) is 15.5 Å². The molecule has 0 spiro atoms. The normalized spacial score (nSPS) is 15.6. The summed E-state index contributed by atoms with van der Waals surface area (Å²) in [7, 11) is -3.64. The van der Waals surface area contributed by atoms with E-state index >= 15 is 0 Å². The van der Waals surface area contributed by atoms with Gasteiger partial charge in [0, 0.05) is 6.04 Å². The molecule has 2 aromatic rings. The van der Waals surface area contributed by atoms with Gasteiger partial charge in [-0.1, -0.05) is 17.7 Å². The van der Waals surface area contributed by atoms with Gasteiger partial charge in [0.15, 0.2) is 11.5 Å². The number of benzene rings is 2. The van der Waals surface area contributed by atoms with Gasteiger partial charge in [-0.15, -0.1) is 0 Å². The Kier molecular flexibility index (Phi) is 4.71. The van der Waals surface area contributed by atoms with Gasteiger partial charge in [-0.3, -0.25) is 0 Å². The van der Waals surface area contributed by atoms with Crippen LogP contribution in [0.4, 0.5) is 0 Å². The third-order valence-corrected chi connectivity index (χ3v) is 5.94. The minimum atomic E-state index is -3.64. The first kappa shape index (κ1) is 18.1. The van der Waals surface area contributed by atoms with Crippen molar-refractivity contribution in [2.24, 2.45) is 0 Å². The van der Waals surface area contributed by atoms with Gasteiger partial charge in [-0.2, -0.15) is 0 Å². The maximum Gasteiger partial charge on any atom is 0.338 e. The maximum atomic E-state index is 12.3. The van der Waals surface area contributed by atoms with Crippen molar-refractivity contribution >= 4 is 27.6 Å². The van der Waals surface area contributed by atoms with Crippen LogP contribution in [-0.4, -0.2) is 27.2 Å². The number of rotatable bonds is 6. The molecule has 2 aliphatic rings. The summed E-state index contributed by atoms with van der Waals surface area (Å²) in [6.45, 7) is 0.0565. The van der Waals surface area contributed by atoms with Gasteiger partial charge >= 0.3 is 5.97 Å². The second kappa shape index (κ2) is 7.03. The summed E-state index contributed by atoms with van der Waals surface area (Å²) in [6, 6.07) is 9.06. The lowest BCUT2D eigenvalue weighted by Gasteiger charge is -2.09. The van der Waals surface area contributed by atoms with Crippen LogP contribution in [0.3, 0.4) is 0 Å². The Morgan fingerprint density at radius 1 is 1.22 bits per heavy atom. The fourth-order valence-electron chi connectivity index (χ4n) is 2.62. The zero-order valence-corrected chi connectivity index (χ0v) is 15.7. The van der Waals surface area contributed by atoms with Crippen LogP contribution in [0.25, 0.3) is 0 Å². The van der Waals surface area contributed by atoms with E-state index in [1.54, 1.807) is 12.1 Å².